The first-order valence-corrected chi connectivity index (χ1v) is 4.50. The standard InChI is InChI=1S/C8H13F3N2O/c1-2-13-6(14)7(8(9,10)11)3-4-12-5-7/h12H,2-5H2,1H3,(H,13,14). The van der Waals surface area contributed by atoms with Gasteiger partial charge >= 0.3 is 6.18 Å². The minimum atomic E-state index is -4.48. The maximum atomic E-state index is 12.7. The molecule has 0 saturated carbocycles. The number of alkyl halides is 3. The zero-order valence-electron chi connectivity index (χ0n) is 7.87. The maximum Gasteiger partial charge on any atom is 0.404 e. The van der Waals surface area contributed by atoms with E-state index in [1.54, 1.807) is 6.92 Å². The minimum absolute atomic E-state index is 0.178. The molecule has 0 bridgehead atoms. The maximum absolute atomic E-state index is 12.7. The molecule has 3 nitrogen and oxygen atoms in total. The molecule has 0 aliphatic carbocycles. The lowest BCUT2D eigenvalue weighted by Gasteiger charge is -2.29. The van der Waals surface area contributed by atoms with Gasteiger partial charge in [0.1, 0.15) is 0 Å². The monoisotopic (exact) mass is 210 g/mol. The van der Waals surface area contributed by atoms with E-state index in [0.29, 0.717) is 0 Å². The highest BCUT2D eigenvalue weighted by Gasteiger charge is 2.61. The van der Waals surface area contributed by atoms with Crippen LogP contribution in [0.3, 0.4) is 0 Å². The van der Waals surface area contributed by atoms with Gasteiger partial charge in [0, 0.05) is 13.1 Å². The van der Waals surface area contributed by atoms with Crippen molar-refractivity contribution in [3.8, 4) is 0 Å². The molecule has 0 aromatic heterocycles. The van der Waals surface area contributed by atoms with E-state index in [9.17, 15) is 18.0 Å². The average molecular weight is 210 g/mol. The quantitative estimate of drug-likeness (QED) is 0.703. The van der Waals surface area contributed by atoms with Crippen molar-refractivity contribution in [2.45, 2.75) is 19.5 Å². The van der Waals surface area contributed by atoms with Crippen LogP contribution in [0.25, 0.3) is 0 Å². The summed E-state index contributed by atoms with van der Waals surface area (Å²) in [6.07, 6.45) is -4.65. The van der Waals surface area contributed by atoms with Crippen molar-refractivity contribution in [3.63, 3.8) is 0 Å². The van der Waals surface area contributed by atoms with Crippen molar-refractivity contribution in [1.29, 1.82) is 0 Å². The number of halogens is 3. The normalized spacial score (nSPS) is 27.7. The van der Waals surface area contributed by atoms with Crippen LogP contribution in [0.5, 0.6) is 0 Å². The van der Waals surface area contributed by atoms with Crippen molar-refractivity contribution in [2.24, 2.45) is 5.41 Å². The van der Waals surface area contributed by atoms with E-state index < -0.39 is 17.5 Å². The molecule has 6 heteroatoms. The van der Waals surface area contributed by atoms with E-state index >= 15 is 0 Å². The highest BCUT2D eigenvalue weighted by atomic mass is 19.4. The first-order chi connectivity index (χ1) is 6.44. The van der Waals surface area contributed by atoms with E-state index in [0.717, 1.165) is 0 Å². The topological polar surface area (TPSA) is 41.1 Å². The largest absolute Gasteiger partial charge is 0.404 e. The summed E-state index contributed by atoms with van der Waals surface area (Å²) in [4.78, 5) is 11.3. The minimum Gasteiger partial charge on any atom is -0.356 e. The lowest BCUT2D eigenvalue weighted by molar-refractivity contribution is -0.215. The second kappa shape index (κ2) is 3.76. The molecule has 14 heavy (non-hydrogen) atoms. The second-order valence-electron chi connectivity index (χ2n) is 3.37. The molecule has 0 aromatic carbocycles. The Kier molecular flexibility index (Phi) is 3.04. The second-order valence-corrected chi connectivity index (χ2v) is 3.37. The Hall–Kier alpha value is -0.780. The summed E-state index contributed by atoms with van der Waals surface area (Å²) < 4.78 is 38.1. The Morgan fingerprint density at radius 3 is 2.57 bits per heavy atom. The van der Waals surface area contributed by atoms with Crippen LogP contribution in [0.15, 0.2) is 0 Å². The summed E-state index contributed by atoms with van der Waals surface area (Å²) in [7, 11) is 0. The molecule has 0 aromatic rings. The summed E-state index contributed by atoms with van der Waals surface area (Å²) in [5.41, 5.74) is -2.22. The van der Waals surface area contributed by atoms with Gasteiger partial charge in [0.15, 0.2) is 5.41 Å². The van der Waals surface area contributed by atoms with Gasteiger partial charge in [0.05, 0.1) is 0 Å². The van der Waals surface area contributed by atoms with E-state index in [1.807, 2.05) is 0 Å². The van der Waals surface area contributed by atoms with Crippen molar-refractivity contribution in [1.82, 2.24) is 10.6 Å². The number of carbonyl (C=O) groups excluding carboxylic acids is 1. The first kappa shape index (κ1) is 11.3. The van der Waals surface area contributed by atoms with Crippen LogP contribution in [0.1, 0.15) is 13.3 Å². The predicted molar refractivity (Wildman–Crippen MR) is 44.7 cm³/mol. The fourth-order valence-electron chi connectivity index (χ4n) is 1.59. The number of amides is 1. The molecule has 0 spiro atoms. The van der Waals surface area contributed by atoms with Crippen LogP contribution >= 0.6 is 0 Å². The fourth-order valence-corrected chi connectivity index (χ4v) is 1.59. The Balaban J connectivity index is 2.87. The van der Waals surface area contributed by atoms with E-state index in [4.69, 9.17) is 0 Å². The number of hydrogen-bond acceptors (Lipinski definition) is 2. The third kappa shape index (κ3) is 1.70. The number of nitrogens with one attached hydrogen (secondary N) is 2. The number of rotatable bonds is 2. The molecule has 1 aliphatic heterocycles. The van der Waals surface area contributed by atoms with Crippen molar-refractivity contribution in [2.75, 3.05) is 19.6 Å². The molecule has 0 radical (unpaired) electrons. The molecule has 1 rings (SSSR count). The Morgan fingerprint density at radius 1 is 1.57 bits per heavy atom. The van der Waals surface area contributed by atoms with Gasteiger partial charge in [-0.25, -0.2) is 0 Å². The Morgan fingerprint density at radius 2 is 2.21 bits per heavy atom. The first-order valence-electron chi connectivity index (χ1n) is 4.50. The van der Waals surface area contributed by atoms with Gasteiger partial charge in [-0.15, -0.1) is 0 Å². The van der Waals surface area contributed by atoms with Crippen LogP contribution < -0.4 is 10.6 Å². The predicted octanol–water partition coefficient (Wildman–Crippen LogP) is 0.664. The molecule has 82 valence electrons. The summed E-state index contributed by atoms with van der Waals surface area (Å²) in [6.45, 7) is 1.74. The molecular weight excluding hydrogens is 197 g/mol. The van der Waals surface area contributed by atoms with Crippen molar-refractivity contribution in [3.05, 3.63) is 0 Å². The van der Waals surface area contributed by atoms with Crippen LogP contribution in [0, 0.1) is 5.41 Å². The lowest BCUT2D eigenvalue weighted by Crippen LogP contribution is -2.52. The van der Waals surface area contributed by atoms with E-state index in [-0.39, 0.29) is 26.1 Å². The number of carbonyl (C=O) groups is 1. The Bertz CT molecular complexity index is 221. The molecule has 1 amide bonds. The summed E-state index contributed by atoms with van der Waals surface area (Å²) in [5, 5.41) is 4.81. The average Bonchev–Trinajstić information content (AvgIpc) is 2.51. The van der Waals surface area contributed by atoms with Crippen LogP contribution in [-0.2, 0) is 4.79 Å². The van der Waals surface area contributed by atoms with Gasteiger partial charge in [0.2, 0.25) is 5.91 Å². The zero-order valence-corrected chi connectivity index (χ0v) is 7.87. The summed E-state index contributed by atoms with van der Waals surface area (Å²) in [6, 6.07) is 0. The molecule has 1 atom stereocenters. The van der Waals surface area contributed by atoms with Crippen molar-refractivity contribution < 1.29 is 18.0 Å². The van der Waals surface area contributed by atoms with Gasteiger partial charge in [-0.05, 0) is 19.9 Å². The van der Waals surface area contributed by atoms with Gasteiger partial charge < -0.3 is 10.6 Å². The van der Waals surface area contributed by atoms with Gasteiger partial charge in [-0.3, -0.25) is 4.79 Å². The third-order valence-corrected chi connectivity index (χ3v) is 2.47. The highest BCUT2D eigenvalue weighted by Crippen LogP contribution is 2.42. The highest BCUT2D eigenvalue weighted by molar-refractivity contribution is 5.84. The smallest absolute Gasteiger partial charge is 0.356 e. The SMILES string of the molecule is CCNC(=O)C1(C(F)(F)F)CCNC1. The van der Waals surface area contributed by atoms with Gasteiger partial charge in [0.25, 0.3) is 0 Å². The number of hydrogen-bond donors (Lipinski definition) is 2. The van der Waals surface area contributed by atoms with Crippen LogP contribution in [-0.4, -0.2) is 31.7 Å². The zero-order chi connectivity index (χ0) is 10.8. The van der Waals surface area contributed by atoms with Gasteiger partial charge in [-0.2, -0.15) is 13.2 Å². The molecule has 1 heterocycles. The van der Waals surface area contributed by atoms with E-state index in [2.05, 4.69) is 10.6 Å². The summed E-state index contributed by atoms with van der Waals surface area (Å²) >= 11 is 0. The van der Waals surface area contributed by atoms with Crippen LogP contribution in [0.4, 0.5) is 13.2 Å². The lowest BCUT2D eigenvalue weighted by atomic mass is 9.85. The fraction of sp³-hybridized carbons (Fsp3) is 0.875. The van der Waals surface area contributed by atoms with Crippen LogP contribution in [0.2, 0.25) is 0 Å². The van der Waals surface area contributed by atoms with Gasteiger partial charge in [-0.1, -0.05) is 0 Å². The molecular formula is C8H13F3N2O. The molecule has 1 saturated heterocycles. The van der Waals surface area contributed by atoms with Crippen molar-refractivity contribution >= 4 is 5.91 Å². The summed E-state index contributed by atoms with van der Waals surface area (Å²) in [5.74, 6) is -0.919. The Labute approximate surface area is 80.0 Å². The van der Waals surface area contributed by atoms with E-state index in [1.165, 1.54) is 0 Å². The molecule has 1 aliphatic rings. The molecule has 2 N–H and O–H groups in total. The molecule has 1 fully saturated rings. The molecule has 1 unspecified atom stereocenters. The third-order valence-electron chi connectivity index (χ3n) is 2.47.